The summed E-state index contributed by atoms with van der Waals surface area (Å²) >= 11 is 6.03. The first-order valence-electron chi connectivity index (χ1n) is 7.23. The van der Waals surface area contributed by atoms with Gasteiger partial charge in [-0.15, -0.1) is 0 Å². The first-order valence-corrected chi connectivity index (χ1v) is 7.61. The number of rotatable bonds is 6. The molecule has 0 saturated carbocycles. The minimum Gasteiger partial charge on any atom is -0.478 e. The molecule has 0 saturated heterocycles. The van der Waals surface area contributed by atoms with E-state index in [-0.39, 0.29) is 11.1 Å². The topological polar surface area (TPSA) is 102 Å². The normalized spacial score (nSPS) is 10.6. The minimum atomic E-state index is -1.06. The number of carbonyl (C=O) groups excluding carboxylic acids is 1. The molecule has 0 spiro atoms. The Morgan fingerprint density at radius 2 is 1.84 bits per heavy atom. The number of nitriles is 1. The Balaban J connectivity index is 1.99. The number of carbonyl (C=O) groups is 2. The van der Waals surface area contributed by atoms with Crippen molar-refractivity contribution in [3.05, 3.63) is 76.5 Å². The van der Waals surface area contributed by atoms with Crippen molar-refractivity contribution in [3.8, 4) is 6.07 Å². The quantitative estimate of drug-likeness (QED) is 0.545. The van der Waals surface area contributed by atoms with Crippen LogP contribution in [0.4, 0.5) is 5.69 Å². The Morgan fingerprint density at radius 1 is 1.16 bits per heavy atom. The summed E-state index contributed by atoms with van der Waals surface area (Å²) in [5.74, 6) is -1.66. The van der Waals surface area contributed by atoms with Crippen molar-refractivity contribution in [2.75, 3.05) is 5.32 Å². The van der Waals surface area contributed by atoms with Crippen molar-refractivity contribution in [2.24, 2.45) is 0 Å². The molecule has 0 aromatic heterocycles. The molecule has 25 heavy (non-hydrogen) atoms. The van der Waals surface area contributed by atoms with E-state index in [2.05, 4.69) is 10.6 Å². The van der Waals surface area contributed by atoms with Crippen molar-refractivity contribution in [1.82, 2.24) is 5.32 Å². The van der Waals surface area contributed by atoms with Gasteiger partial charge in [-0.2, -0.15) is 5.26 Å². The molecule has 2 rings (SSSR count). The zero-order chi connectivity index (χ0) is 18.2. The molecule has 0 aliphatic rings. The van der Waals surface area contributed by atoms with Gasteiger partial charge < -0.3 is 15.7 Å². The summed E-state index contributed by atoms with van der Waals surface area (Å²) in [7, 11) is 0. The fourth-order valence-corrected chi connectivity index (χ4v) is 2.15. The third-order valence-electron chi connectivity index (χ3n) is 3.25. The highest BCUT2D eigenvalue weighted by Gasteiger charge is 2.10. The van der Waals surface area contributed by atoms with E-state index < -0.39 is 11.9 Å². The average molecular weight is 356 g/mol. The summed E-state index contributed by atoms with van der Waals surface area (Å²) in [5, 5.41) is 24.0. The smallest absolute Gasteiger partial charge is 0.335 e. The molecule has 3 N–H and O–H groups in total. The van der Waals surface area contributed by atoms with Gasteiger partial charge >= 0.3 is 5.97 Å². The summed E-state index contributed by atoms with van der Waals surface area (Å²) in [6.07, 6.45) is 1.31. The second-order valence-corrected chi connectivity index (χ2v) is 5.39. The maximum atomic E-state index is 12.1. The lowest BCUT2D eigenvalue weighted by molar-refractivity contribution is -0.112. The third-order valence-corrected chi connectivity index (χ3v) is 3.62. The van der Waals surface area contributed by atoms with Crippen LogP contribution >= 0.6 is 11.6 Å². The number of benzene rings is 2. The van der Waals surface area contributed by atoms with E-state index in [1.165, 1.54) is 30.5 Å². The van der Waals surface area contributed by atoms with Gasteiger partial charge in [0.2, 0.25) is 0 Å². The van der Waals surface area contributed by atoms with E-state index in [1.54, 1.807) is 6.07 Å². The van der Waals surface area contributed by atoms with E-state index >= 15 is 0 Å². The minimum absolute atomic E-state index is 0.107. The number of hydrogen-bond donors (Lipinski definition) is 3. The molecular formula is C18H14ClN3O3. The Hall–Kier alpha value is -3.30. The van der Waals surface area contributed by atoms with Gasteiger partial charge in [-0.1, -0.05) is 29.8 Å². The van der Waals surface area contributed by atoms with Crippen LogP contribution in [0, 0.1) is 11.3 Å². The Morgan fingerprint density at radius 3 is 2.44 bits per heavy atom. The molecule has 1 amide bonds. The lowest BCUT2D eigenvalue weighted by Gasteiger charge is -2.06. The molecule has 6 nitrogen and oxygen atoms in total. The number of hydrogen-bond acceptors (Lipinski definition) is 4. The molecule has 0 bridgehead atoms. The second kappa shape index (κ2) is 8.52. The molecule has 0 fully saturated rings. The molecule has 0 heterocycles. The number of amides is 1. The first-order chi connectivity index (χ1) is 12.0. The van der Waals surface area contributed by atoms with Crippen molar-refractivity contribution >= 4 is 29.2 Å². The van der Waals surface area contributed by atoms with Crippen LogP contribution in [0.15, 0.2) is 60.3 Å². The summed E-state index contributed by atoms with van der Waals surface area (Å²) in [6.45, 7) is 0.367. The molecule has 0 radical (unpaired) electrons. The maximum absolute atomic E-state index is 12.1. The molecule has 2 aromatic carbocycles. The number of halogens is 1. The van der Waals surface area contributed by atoms with Crippen molar-refractivity contribution in [2.45, 2.75) is 6.54 Å². The van der Waals surface area contributed by atoms with Crippen LogP contribution in [-0.4, -0.2) is 17.0 Å². The zero-order valence-electron chi connectivity index (χ0n) is 13.0. The molecule has 2 aromatic rings. The molecule has 0 atom stereocenters. The molecule has 0 aliphatic carbocycles. The standard InChI is InChI=1S/C18H14ClN3O3/c19-16-4-2-1-3-13(16)10-21-11-14(9-20)17(23)22-15-7-5-12(6-8-15)18(24)25/h1-8,11,21H,10H2,(H,22,23)(H,24,25)/b14-11-. The van der Waals surface area contributed by atoms with Crippen molar-refractivity contribution < 1.29 is 14.7 Å². The molecule has 0 unspecified atom stereocenters. The van der Waals surface area contributed by atoms with Gasteiger partial charge in [-0.3, -0.25) is 4.79 Å². The molecule has 0 aliphatic heterocycles. The van der Waals surface area contributed by atoms with Crippen molar-refractivity contribution in [3.63, 3.8) is 0 Å². The average Bonchev–Trinajstić information content (AvgIpc) is 2.60. The van der Waals surface area contributed by atoms with Gasteiger partial charge in [0.25, 0.3) is 5.91 Å². The van der Waals surface area contributed by atoms with E-state index in [1.807, 2.05) is 24.3 Å². The van der Waals surface area contributed by atoms with Crippen LogP contribution in [0.2, 0.25) is 5.02 Å². The summed E-state index contributed by atoms with van der Waals surface area (Å²) in [5.41, 5.74) is 1.22. The van der Waals surface area contributed by atoms with Crippen LogP contribution in [0.5, 0.6) is 0 Å². The van der Waals surface area contributed by atoms with Crippen molar-refractivity contribution in [1.29, 1.82) is 5.26 Å². The summed E-state index contributed by atoms with van der Waals surface area (Å²) in [4.78, 5) is 22.9. The number of aromatic carboxylic acids is 1. The van der Waals surface area contributed by atoms with Crippen LogP contribution in [0.25, 0.3) is 0 Å². The number of carboxylic acid groups (broad SMARTS) is 1. The van der Waals surface area contributed by atoms with Crippen LogP contribution in [-0.2, 0) is 11.3 Å². The number of anilines is 1. The number of nitrogens with one attached hydrogen (secondary N) is 2. The number of nitrogens with zero attached hydrogens (tertiary/aromatic N) is 1. The third kappa shape index (κ3) is 5.09. The van der Waals surface area contributed by atoms with E-state index in [0.29, 0.717) is 17.3 Å². The van der Waals surface area contributed by atoms with E-state index in [9.17, 15) is 9.59 Å². The Labute approximate surface area is 149 Å². The van der Waals surface area contributed by atoms with Gasteiger partial charge in [-0.25, -0.2) is 4.79 Å². The largest absolute Gasteiger partial charge is 0.478 e. The summed E-state index contributed by atoms with van der Waals surface area (Å²) < 4.78 is 0. The zero-order valence-corrected chi connectivity index (χ0v) is 13.7. The highest BCUT2D eigenvalue weighted by molar-refractivity contribution is 6.31. The molecular weight excluding hydrogens is 342 g/mol. The van der Waals surface area contributed by atoms with Crippen LogP contribution in [0.3, 0.4) is 0 Å². The van der Waals surface area contributed by atoms with Gasteiger partial charge in [-0.05, 0) is 35.9 Å². The fourth-order valence-electron chi connectivity index (χ4n) is 1.95. The van der Waals surface area contributed by atoms with E-state index in [4.69, 9.17) is 22.0 Å². The fraction of sp³-hybridized carbons (Fsp3) is 0.0556. The van der Waals surface area contributed by atoms with Gasteiger partial charge in [0.15, 0.2) is 0 Å². The van der Waals surface area contributed by atoms with E-state index in [0.717, 1.165) is 5.56 Å². The highest BCUT2D eigenvalue weighted by Crippen LogP contribution is 2.14. The Bertz CT molecular complexity index is 855. The lowest BCUT2D eigenvalue weighted by Crippen LogP contribution is -2.16. The monoisotopic (exact) mass is 355 g/mol. The van der Waals surface area contributed by atoms with Gasteiger partial charge in [0.1, 0.15) is 11.6 Å². The van der Waals surface area contributed by atoms with Gasteiger partial charge in [0, 0.05) is 23.5 Å². The van der Waals surface area contributed by atoms with Crippen LogP contribution in [0.1, 0.15) is 15.9 Å². The lowest BCUT2D eigenvalue weighted by atomic mass is 10.2. The SMILES string of the molecule is N#C/C(=C/NCc1ccccc1Cl)C(=O)Nc1ccc(C(=O)O)cc1. The predicted octanol–water partition coefficient (Wildman–Crippen LogP) is 3.17. The first kappa shape index (κ1) is 18.0. The summed E-state index contributed by atoms with van der Waals surface area (Å²) in [6, 6.07) is 14.7. The maximum Gasteiger partial charge on any atom is 0.335 e. The second-order valence-electron chi connectivity index (χ2n) is 4.98. The Kier molecular flexibility index (Phi) is 6.15. The highest BCUT2D eigenvalue weighted by atomic mass is 35.5. The number of carboxylic acids is 1. The van der Waals surface area contributed by atoms with Crippen LogP contribution < -0.4 is 10.6 Å². The molecule has 7 heteroatoms. The van der Waals surface area contributed by atoms with Gasteiger partial charge in [0.05, 0.1) is 5.56 Å². The molecule has 126 valence electrons. The predicted molar refractivity (Wildman–Crippen MR) is 94.0 cm³/mol.